The summed E-state index contributed by atoms with van der Waals surface area (Å²) in [5.74, 6) is 0.0654. The van der Waals surface area contributed by atoms with Crippen molar-refractivity contribution in [3.8, 4) is 0 Å². The second kappa shape index (κ2) is 5.49. The van der Waals surface area contributed by atoms with E-state index in [4.69, 9.17) is 0 Å². The number of carbonyl (C=O) groups excluding carboxylic acids is 1. The van der Waals surface area contributed by atoms with E-state index in [-0.39, 0.29) is 5.91 Å². The Kier molecular flexibility index (Phi) is 4.28. The molecule has 0 aromatic carbocycles. The maximum atomic E-state index is 11.4. The average Bonchev–Trinajstić information content (AvgIpc) is 2.21. The smallest absolute Gasteiger partial charge is 0.224 e. The number of amides is 1. The van der Waals surface area contributed by atoms with Gasteiger partial charge in [-0.3, -0.25) is 9.78 Å². The fourth-order valence-electron chi connectivity index (χ4n) is 1.34. The predicted molar refractivity (Wildman–Crippen MR) is 61.9 cm³/mol. The van der Waals surface area contributed by atoms with E-state index in [9.17, 15) is 4.79 Å². The molecule has 0 spiro atoms. The van der Waals surface area contributed by atoms with Crippen LogP contribution < -0.4 is 5.32 Å². The molecule has 0 bridgehead atoms. The summed E-state index contributed by atoms with van der Waals surface area (Å²) in [6.45, 7) is 5.97. The van der Waals surface area contributed by atoms with Gasteiger partial charge in [-0.25, -0.2) is 0 Å². The number of nitrogens with zero attached hydrogens (tertiary/aromatic N) is 1. The summed E-state index contributed by atoms with van der Waals surface area (Å²) in [6.07, 6.45) is 4.22. The lowest BCUT2D eigenvalue weighted by Crippen LogP contribution is -2.12. The monoisotopic (exact) mass is 206 g/mol. The van der Waals surface area contributed by atoms with Crippen LogP contribution in [-0.2, 0) is 11.2 Å². The third kappa shape index (κ3) is 3.35. The summed E-state index contributed by atoms with van der Waals surface area (Å²) in [4.78, 5) is 15.7. The van der Waals surface area contributed by atoms with Crippen LogP contribution in [-0.4, -0.2) is 10.9 Å². The van der Waals surface area contributed by atoms with Crippen LogP contribution in [0.5, 0.6) is 0 Å². The number of rotatable bonds is 4. The van der Waals surface area contributed by atoms with Crippen LogP contribution in [0, 0.1) is 6.92 Å². The maximum absolute atomic E-state index is 11.4. The number of nitrogens with one attached hydrogen (secondary N) is 1. The molecule has 0 aliphatic carbocycles. The first-order valence-electron chi connectivity index (χ1n) is 5.42. The van der Waals surface area contributed by atoms with Crippen molar-refractivity contribution in [1.29, 1.82) is 0 Å². The molecular weight excluding hydrogens is 188 g/mol. The Morgan fingerprint density at radius 3 is 2.80 bits per heavy atom. The Morgan fingerprint density at radius 1 is 1.47 bits per heavy atom. The number of hydrogen-bond acceptors (Lipinski definition) is 2. The quantitative estimate of drug-likeness (QED) is 0.823. The molecule has 0 radical (unpaired) electrons. The first-order valence-corrected chi connectivity index (χ1v) is 5.42. The number of carbonyl (C=O) groups is 1. The van der Waals surface area contributed by atoms with Gasteiger partial charge in [-0.15, -0.1) is 0 Å². The van der Waals surface area contributed by atoms with E-state index < -0.39 is 0 Å². The number of aromatic nitrogens is 1. The zero-order valence-electron chi connectivity index (χ0n) is 9.63. The summed E-state index contributed by atoms with van der Waals surface area (Å²) in [5, 5.41) is 2.88. The molecule has 15 heavy (non-hydrogen) atoms. The highest BCUT2D eigenvalue weighted by molar-refractivity contribution is 5.91. The molecular formula is C12H18N2O. The fraction of sp³-hybridized carbons (Fsp3) is 0.500. The first kappa shape index (κ1) is 11.7. The lowest BCUT2D eigenvalue weighted by atomic mass is 10.2. The van der Waals surface area contributed by atoms with Gasteiger partial charge < -0.3 is 5.32 Å². The van der Waals surface area contributed by atoms with E-state index in [1.165, 1.54) is 0 Å². The minimum Gasteiger partial charge on any atom is -0.324 e. The van der Waals surface area contributed by atoms with Gasteiger partial charge in [0.05, 0.1) is 11.4 Å². The van der Waals surface area contributed by atoms with Crippen molar-refractivity contribution >= 4 is 11.6 Å². The normalized spacial score (nSPS) is 10.1. The highest BCUT2D eigenvalue weighted by Gasteiger charge is 2.05. The lowest BCUT2D eigenvalue weighted by molar-refractivity contribution is -0.116. The van der Waals surface area contributed by atoms with Crippen LogP contribution in [0.2, 0.25) is 0 Å². The molecule has 0 fully saturated rings. The van der Waals surface area contributed by atoms with Crippen molar-refractivity contribution in [2.24, 2.45) is 0 Å². The molecule has 1 aromatic rings. The minimum absolute atomic E-state index is 0.0654. The van der Waals surface area contributed by atoms with Gasteiger partial charge in [0.2, 0.25) is 5.91 Å². The van der Waals surface area contributed by atoms with Crippen molar-refractivity contribution in [2.75, 3.05) is 5.32 Å². The number of pyridine rings is 1. The molecule has 0 saturated heterocycles. The van der Waals surface area contributed by atoms with E-state index in [0.29, 0.717) is 6.42 Å². The third-order valence-corrected chi connectivity index (χ3v) is 2.30. The van der Waals surface area contributed by atoms with Crippen molar-refractivity contribution in [3.63, 3.8) is 0 Å². The van der Waals surface area contributed by atoms with Gasteiger partial charge in [0.1, 0.15) is 0 Å². The number of anilines is 1. The Labute approximate surface area is 90.9 Å². The zero-order chi connectivity index (χ0) is 11.3. The van der Waals surface area contributed by atoms with Crippen molar-refractivity contribution in [3.05, 3.63) is 23.5 Å². The first-order chi connectivity index (χ1) is 7.17. The van der Waals surface area contributed by atoms with Gasteiger partial charge in [-0.1, -0.05) is 13.8 Å². The van der Waals surface area contributed by atoms with Crippen LogP contribution in [0.4, 0.5) is 5.69 Å². The Balaban J connectivity index is 2.79. The zero-order valence-corrected chi connectivity index (χ0v) is 9.63. The summed E-state index contributed by atoms with van der Waals surface area (Å²) in [7, 11) is 0. The Morgan fingerprint density at radius 2 is 2.20 bits per heavy atom. The molecule has 1 amide bonds. The maximum Gasteiger partial charge on any atom is 0.224 e. The summed E-state index contributed by atoms with van der Waals surface area (Å²) in [5.41, 5.74) is 2.86. The minimum atomic E-state index is 0.0654. The van der Waals surface area contributed by atoms with Crippen LogP contribution >= 0.6 is 0 Å². The summed E-state index contributed by atoms with van der Waals surface area (Å²) >= 11 is 0. The van der Waals surface area contributed by atoms with E-state index in [1.54, 1.807) is 0 Å². The molecule has 0 saturated carbocycles. The molecule has 3 heteroatoms. The second-order valence-electron chi connectivity index (χ2n) is 3.63. The van der Waals surface area contributed by atoms with Crippen LogP contribution in [0.1, 0.15) is 37.9 Å². The fourth-order valence-corrected chi connectivity index (χ4v) is 1.34. The second-order valence-corrected chi connectivity index (χ2v) is 3.63. The van der Waals surface area contributed by atoms with Gasteiger partial charge >= 0.3 is 0 Å². The topological polar surface area (TPSA) is 42.0 Å². The third-order valence-electron chi connectivity index (χ3n) is 2.30. The average molecular weight is 206 g/mol. The van der Waals surface area contributed by atoms with Gasteiger partial charge in [-0.05, 0) is 31.4 Å². The largest absolute Gasteiger partial charge is 0.324 e. The van der Waals surface area contributed by atoms with E-state index in [0.717, 1.165) is 29.8 Å². The van der Waals surface area contributed by atoms with Crippen LogP contribution in [0.3, 0.4) is 0 Å². The van der Waals surface area contributed by atoms with Crippen LogP contribution in [0.15, 0.2) is 12.3 Å². The van der Waals surface area contributed by atoms with Gasteiger partial charge in [-0.2, -0.15) is 0 Å². The molecule has 1 N–H and O–H groups in total. The summed E-state index contributed by atoms with van der Waals surface area (Å²) in [6, 6.07) is 2.00. The molecule has 0 aliphatic rings. The molecule has 1 aromatic heterocycles. The highest BCUT2D eigenvalue weighted by Crippen LogP contribution is 2.14. The van der Waals surface area contributed by atoms with Gasteiger partial charge in [0, 0.05) is 12.6 Å². The molecule has 0 atom stereocenters. The molecule has 0 unspecified atom stereocenters. The number of hydrogen-bond donors (Lipinski definition) is 1. The lowest BCUT2D eigenvalue weighted by Gasteiger charge is -2.08. The molecule has 1 rings (SSSR count). The standard InChI is InChI=1S/C12H18N2O/c1-4-6-12(15)14-11-7-10(5-2)8-13-9(11)3/h7-8H,4-6H2,1-3H3,(H,14,15). The molecule has 82 valence electrons. The predicted octanol–water partition coefficient (Wildman–Crippen LogP) is 2.69. The van der Waals surface area contributed by atoms with Crippen molar-refractivity contribution in [1.82, 2.24) is 4.98 Å². The van der Waals surface area contributed by atoms with E-state index in [1.807, 2.05) is 26.1 Å². The van der Waals surface area contributed by atoms with Gasteiger partial charge in [0.15, 0.2) is 0 Å². The molecule has 0 aliphatic heterocycles. The van der Waals surface area contributed by atoms with Gasteiger partial charge in [0.25, 0.3) is 0 Å². The van der Waals surface area contributed by atoms with Crippen molar-refractivity contribution in [2.45, 2.75) is 40.0 Å². The Hall–Kier alpha value is -1.38. The van der Waals surface area contributed by atoms with Crippen LogP contribution in [0.25, 0.3) is 0 Å². The molecule has 1 heterocycles. The Bertz CT molecular complexity index is 347. The SMILES string of the molecule is CCCC(=O)Nc1cc(CC)cnc1C. The highest BCUT2D eigenvalue weighted by atomic mass is 16.1. The van der Waals surface area contributed by atoms with Crippen molar-refractivity contribution < 1.29 is 4.79 Å². The van der Waals surface area contributed by atoms with E-state index in [2.05, 4.69) is 17.2 Å². The number of aryl methyl sites for hydroxylation is 2. The summed E-state index contributed by atoms with van der Waals surface area (Å²) < 4.78 is 0. The molecule has 3 nitrogen and oxygen atoms in total. The van der Waals surface area contributed by atoms with E-state index >= 15 is 0 Å².